The molecule has 1 saturated carbocycles. The molecule has 8 N–H and O–H groups in total. The van der Waals surface area contributed by atoms with Crippen LogP contribution in [0.25, 0.3) is 0 Å². The van der Waals surface area contributed by atoms with Crippen molar-refractivity contribution in [3.05, 3.63) is 71.8 Å². The minimum absolute atomic E-state index is 0.0189. The maximum atomic E-state index is 13.2. The molecule has 0 heterocycles. The summed E-state index contributed by atoms with van der Waals surface area (Å²) in [7, 11) is 0. The van der Waals surface area contributed by atoms with Gasteiger partial charge in [0.1, 0.15) is 18.7 Å². The van der Waals surface area contributed by atoms with E-state index in [1.807, 2.05) is 48.5 Å². The van der Waals surface area contributed by atoms with Crippen molar-refractivity contribution in [2.45, 2.75) is 95.0 Å². The molecule has 5 amide bonds. The first kappa shape index (κ1) is 35.0. The van der Waals surface area contributed by atoms with E-state index in [0.717, 1.165) is 43.2 Å². The summed E-state index contributed by atoms with van der Waals surface area (Å²) in [6.45, 7) is 0.0189. The molecule has 0 spiro atoms. The van der Waals surface area contributed by atoms with E-state index in [2.05, 4.69) is 16.0 Å². The van der Waals surface area contributed by atoms with Crippen molar-refractivity contribution in [2.75, 3.05) is 0 Å². The minimum atomic E-state index is -1.36. The van der Waals surface area contributed by atoms with Crippen LogP contribution in [0.15, 0.2) is 60.7 Å². The molecule has 1 fully saturated rings. The van der Waals surface area contributed by atoms with Crippen LogP contribution in [0.5, 0.6) is 0 Å². The highest BCUT2D eigenvalue weighted by molar-refractivity contribution is 5.92. The maximum absolute atomic E-state index is 13.2. The molecule has 1 aliphatic carbocycles. The van der Waals surface area contributed by atoms with Crippen molar-refractivity contribution < 1.29 is 33.8 Å². The number of carbonyl (C=O) groups is 5. The largest absolute Gasteiger partial charge is 0.445 e. The summed E-state index contributed by atoms with van der Waals surface area (Å²) in [5, 5.41) is 18.9. The molecule has 45 heavy (non-hydrogen) atoms. The average molecular weight is 624 g/mol. The van der Waals surface area contributed by atoms with Crippen molar-refractivity contribution >= 4 is 29.7 Å². The van der Waals surface area contributed by atoms with E-state index in [1.54, 1.807) is 12.1 Å². The third kappa shape index (κ3) is 13.0. The van der Waals surface area contributed by atoms with E-state index >= 15 is 0 Å². The number of carbonyl (C=O) groups excluding carboxylic acids is 5. The normalized spacial score (nSPS) is 15.9. The zero-order valence-electron chi connectivity index (χ0n) is 25.5. The van der Waals surface area contributed by atoms with E-state index in [1.165, 1.54) is 0 Å². The summed E-state index contributed by atoms with van der Waals surface area (Å²) in [5.41, 5.74) is 12.5. The lowest BCUT2D eigenvalue weighted by Gasteiger charge is -2.27. The third-order valence-corrected chi connectivity index (χ3v) is 7.96. The molecule has 0 unspecified atom stereocenters. The second kappa shape index (κ2) is 18.4. The van der Waals surface area contributed by atoms with Gasteiger partial charge in [-0.05, 0) is 36.3 Å². The maximum Gasteiger partial charge on any atom is 0.407 e. The van der Waals surface area contributed by atoms with Gasteiger partial charge in [0.25, 0.3) is 0 Å². The smallest absolute Gasteiger partial charge is 0.407 e. The van der Waals surface area contributed by atoms with Gasteiger partial charge in [-0.25, -0.2) is 4.79 Å². The Morgan fingerprint density at radius 1 is 0.822 bits per heavy atom. The van der Waals surface area contributed by atoms with Crippen LogP contribution in [0.2, 0.25) is 0 Å². The average Bonchev–Trinajstić information content (AvgIpc) is 3.02. The number of alkyl carbamates (subject to hydrolysis) is 1. The summed E-state index contributed by atoms with van der Waals surface area (Å²) < 4.78 is 5.32. The molecular weight excluding hydrogens is 578 g/mol. The number of benzene rings is 2. The van der Waals surface area contributed by atoms with E-state index in [-0.39, 0.29) is 31.8 Å². The Bertz CT molecular complexity index is 1250. The van der Waals surface area contributed by atoms with Crippen LogP contribution in [0.1, 0.15) is 68.9 Å². The summed E-state index contributed by atoms with van der Waals surface area (Å²) in [6.07, 6.45) is 2.79. The molecule has 3 rings (SSSR count). The lowest BCUT2D eigenvalue weighted by molar-refractivity contribution is -0.132. The fourth-order valence-electron chi connectivity index (χ4n) is 5.48. The second-order valence-corrected chi connectivity index (χ2v) is 11.6. The number of primary amides is 2. The zero-order valence-corrected chi connectivity index (χ0v) is 25.5. The predicted molar refractivity (Wildman–Crippen MR) is 167 cm³/mol. The number of aliphatic hydroxyl groups excluding tert-OH is 1. The third-order valence-electron chi connectivity index (χ3n) is 7.96. The Kier molecular flexibility index (Phi) is 14.3. The number of rotatable bonds is 17. The summed E-state index contributed by atoms with van der Waals surface area (Å²) in [6, 6.07) is 15.2. The molecule has 0 saturated heterocycles. The molecular formula is C33H45N5O7. The van der Waals surface area contributed by atoms with Crippen LogP contribution in [-0.2, 0) is 36.9 Å². The summed E-state index contributed by atoms with van der Waals surface area (Å²) in [5.74, 6) is -2.48. The van der Waals surface area contributed by atoms with Crippen LogP contribution in [0.3, 0.4) is 0 Å². The molecule has 2 aromatic rings. The molecule has 12 heteroatoms. The zero-order chi connectivity index (χ0) is 32.6. The first-order valence-corrected chi connectivity index (χ1v) is 15.5. The molecule has 4 atom stereocenters. The highest BCUT2D eigenvalue weighted by atomic mass is 16.5. The number of aliphatic hydroxyl groups is 1. The van der Waals surface area contributed by atoms with Crippen LogP contribution in [0, 0.1) is 5.92 Å². The Morgan fingerprint density at radius 3 is 2.04 bits per heavy atom. The number of nitrogens with two attached hydrogens (primary N) is 2. The van der Waals surface area contributed by atoms with Crippen LogP contribution in [-0.4, -0.2) is 59.1 Å². The molecule has 0 aromatic heterocycles. The van der Waals surface area contributed by atoms with Crippen molar-refractivity contribution in [1.29, 1.82) is 0 Å². The first-order chi connectivity index (χ1) is 21.6. The van der Waals surface area contributed by atoms with Gasteiger partial charge in [-0.15, -0.1) is 0 Å². The predicted octanol–water partition coefficient (Wildman–Crippen LogP) is 1.97. The first-order valence-electron chi connectivity index (χ1n) is 15.5. The Hall–Kier alpha value is -4.45. The Labute approximate surface area is 263 Å². The number of hydrogen-bond donors (Lipinski definition) is 6. The Balaban J connectivity index is 1.64. The quantitative estimate of drug-likeness (QED) is 0.154. The van der Waals surface area contributed by atoms with Crippen LogP contribution < -0.4 is 27.4 Å². The molecule has 0 aliphatic heterocycles. The lowest BCUT2D eigenvalue weighted by Crippen LogP contribution is -2.54. The highest BCUT2D eigenvalue weighted by Crippen LogP contribution is 2.27. The van der Waals surface area contributed by atoms with Crippen molar-refractivity contribution in [1.82, 2.24) is 16.0 Å². The van der Waals surface area contributed by atoms with Crippen LogP contribution >= 0.6 is 0 Å². The van der Waals surface area contributed by atoms with Gasteiger partial charge in [0.15, 0.2) is 0 Å². The Morgan fingerprint density at radius 2 is 1.44 bits per heavy atom. The van der Waals surface area contributed by atoms with Gasteiger partial charge in [0, 0.05) is 6.42 Å². The number of ether oxygens (including phenoxy) is 1. The van der Waals surface area contributed by atoms with Crippen molar-refractivity contribution in [3.8, 4) is 0 Å². The standard InChI is InChI=1S/C33H45N5O7/c34-29(40)17-16-25(32(43)37-27(31(35)42)19-23-12-6-2-7-13-23)36-30(41)20-28(39)26(18-22-10-4-1-5-11-22)38-33(44)45-21-24-14-8-3-9-15-24/h1,3-5,8-11,14-15,23,25-28,39H,2,6-7,12-13,16-21H2,(H2,34,40)(H2,35,42)(H,36,41)(H,37,43)(H,38,44)/t25-,26-,27-,28-/m0/s1. The monoisotopic (exact) mass is 623 g/mol. The molecule has 2 aromatic carbocycles. The topological polar surface area (TPSA) is 203 Å². The van der Waals surface area contributed by atoms with Crippen LogP contribution in [0.4, 0.5) is 4.79 Å². The highest BCUT2D eigenvalue weighted by Gasteiger charge is 2.30. The number of nitrogens with one attached hydrogen (secondary N) is 3. The van der Waals surface area contributed by atoms with Gasteiger partial charge in [-0.3, -0.25) is 19.2 Å². The summed E-state index contributed by atoms with van der Waals surface area (Å²) in [4.78, 5) is 62.6. The van der Waals surface area contributed by atoms with Gasteiger partial charge in [-0.2, -0.15) is 0 Å². The number of amides is 5. The van der Waals surface area contributed by atoms with Gasteiger partial charge < -0.3 is 37.3 Å². The van der Waals surface area contributed by atoms with Gasteiger partial charge >= 0.3 is 6.09 Å². The van der Waals surface area contributed by atoms with Crippen molar-refractivity contribution in [3.63, 3.8) is 0 Å². The SMILES string of the molecule is NC(=O)CC[C@H](NC(=O)C[C@H](O)[C@H](Cc1ccccc1)NC(=O)OCc1ccccc1)C(=O)N[C@@H](CC1CCCCC1)C(N)=O. The minimum Gasteiger partial charge on any atom is -0.445 e. The molecule has 244 valence electrons. The molecule has 0 radical (unpaired) electrons. The van der Waals surface area contributed by atoms with Crippen molar-refractivity contribution in [2.24, 2.45) is 17.4 Å². The fraction of sp³-hybridized carbons (Fsp3) is 0.485. The van der Waals surface area contributed by atoms with E-state index in [0.29, 0.717) is 6.42 Å². The van der Waals surface area contributed by atoms with Gasteiger partial charge in [-0.1, -0.05) is 92.8 Å². The van der Waals surface area contributed by atoms with E-state index < -0.39 is 60.4 Å². The lowest BCUT2D eigenvalue weighted by atomic mass is 9.84. The summed E-state index contributed by atoms with van der Waals surface area (Å²) >= 11 is 0. The molecule has 12 nitrogen and oxygen atoms in total. The second-order valence-electron chi connectivity index (χ2n) is 11.6. The van der Waals surface area contributed by atoms with Gasteiger partial charge in [0.05, 0.1) is 18.6 Å². The fourth-order valence-corrected chi connectivity index (χ4v) is 5.48. The number of hydrogen-bond acceptors (Lipinski definition) is 7. The van der Waals surface area contributed by atoms with E-state index in [9.17, 15) is 29.1 Å². The molecule has 1 aliphatic rings. The van der Waals surface area contributed by atoms with Gasteiger partial charge in [0.2, 0.25) is 23.6 Å². The van der Waals surface area contributed by atoms with E-state index in [4.69, 9.17) is 16.2 Å². The molecule has 0 bridgehead atoms.